The van der Waals surface area contributed by atoms with Gasteiger partial charge in [0.1, 0.15) is 0 Å². The minimum Gasteiger partial charge on any atom is -0.328 e. The Kier molecular flexibility index (Phi) is 14.4. The molecular weight excluding hydrogens is 266 g/mol. The number of halogens is 1. The van der Waals surface area contributed by atoms with Crippen LogP contribution in [-0.4, -0.2) is 37.5 Å². The first-order valence-electron chi connectivity index (χ1n) is 9.00. The summed E-state index contributed by atoms with van der Waals surface area (Å²) in [5, 5.41) is 0. The van der Waals surface area contributed by atoms with Crippen molar-refractivity contribution in [2.45, 2.75) is 84.0 Å². The van der Waals surface area contributed by atoms with E-state index in [4.69, 9.17) is 11.6 Å². The number of unbranched alkanes of at least 4 members (excludes halogenated alkanes) is 10. The highest BCUT2D eigenvalue weighted by Crippen LogP contribution is 2.12. The molecule has 0 spiro atoms. The monoisotopic (exact) mass is 304 g/mol. The van der Waals surface area contributed by atoms with E-state index in [0.717, 1.165) is 16.8 Å². The molecule has 0 N–H and O–H groups in total. The van der Waals surface area contributed by atoms with Gasteiger partial charge in [-0.15, -0.1) is 11.6 Å². The van der Waals surface area contributed by atoms with Crippen molar-refractivity contribution in [3.8, 4) is 0 Å². The van der Waals surface area contributed by atoms with Crippen LogP contribution >= 0.6 is 11.6 Å². The van der Waals surface area contributed by atoms with Crippen molar-refractivity contribution in [2.24, 2.45) is 0 Å². The Balaban J connectivity index is 3.20. The molecule has 0 atom stereocenters. The van der Waals surface area contributed by atoms with Crippen molar-refractivity contribution in [2.75, 3.05) is 33.1 Å². The quantitative estimate of drug-likeness (QED) is 0.198. The molecule has 0 bridgehead atoms. The SMILES string of the molecule is CCCCCCCCCCCCC[N+](C)(C)CCCCl. The van der Waals surface area contributed by atoms with Crippen molar-refractivity contribution < 1.29 is 4.48 Å². The number of hydrogen-bond acceptors (Lipinski definition) is 0. The molecule has 0 rings (SSSR count). The van der Waals surface area contributed by atoms with Crippen LogP contribution in [0.15, 0.2) is 0 Å². The molecule has 0 fully saturated rings. The fourth-order valence-corrected chi connectivity index (χ4v) is 2.92. The first-order valence-corrected chi connectivity index (χ1v) is 9.54. The van der Waals surface area contributed by atoms with Crippen LogP contribution in [0.2, 0.25) is 0 Å². The van der Waals surface area contributed by atoms with E-state index in [9.17, 15) is 0 Å². The van der Waals surface area contributed by atoms with Crippen LogP contribution in [0.1, 0.15) is 84.0 Å². The van der Waals surface area contributed by atoms with Gasteiger partial charge in [-0.1, -0.05) is 64.7 Å². The van der Waals surface area contributed by atoms with E-state index in [0.29, 0.717) is 0 Å². The lowest BCUT2D eigenvalue weighted by Gasteiger charge is -2.29. The van der Waals surface area contributed by atoms with Gasteiger partial charge in [-0.2, -0.15) is 0 Å². The van der Waals surface area contributed by atoms with E-state index in [2.05, 4.69) is 21.0 Å². The molecule has 0 aliphatic heterocycles. The molecule has 0 saturated heterocycles. The third kappa shape index (κ3) is 14.7. The molecule has 0 aromatic rings. The summed E-state index contributed by atoms with van der Waals surface area (Å²) in [5.74, 6) is 0.805. The van der Waals surface area contributed by atoms with Gasteiger partial charge in [-0.05, 0) is 12.8 Å². The Bertz CT molecular complexity index is 192. The Morgan fingerprint density at radius 2 is 1.00 bits per heavy atom. The summed E-state index contributed by atoms with van der Waals surface area (Å²) in [5.41, 5.74) is 0. The van der Waals surface area contributed by atoms with Crippen LogP contribution in [0.4, 0.5) is 0 Å². The molecule has 2 heteroatoms. The summed E-state index contributed by atoms with van der Waals surface area (Å²) in [7, 11) is 4.67. The van der Waals surface area contributed by atoms with Crippen LogP contribution in [0, 0.1) is 0 Å². The lowest BCUT2D eigenvalue weighted by Crippen LogP contribution is -2.41. The molecule has 1 nitrogen and oxygen atoms in total. The second-order valence-electron chi connectivity index (χ2n) is 6.96. The molecule has 0 radical (unpaired) electrons. The van der Waals surface area contributed by atoms with Gasteiger partial charge in [-0.3, -0.25) is 0 Å². The summed E-state index contributed by atoms with van der Waals surface area (Å²) in [4.78, 5) is 0. The van der Waals surface area contributed by atoms with E-state index < -0.39 is 0 Å². The number of nitrogens with zero attached hydrogens (tertiary/aromatic N) is 1. The molecule has 0 aromatic heterocycles. The van der Waals surface area contributed by atoms with Crippen molar-refractivity contribution in [3.63, 3.8) is 0 Å². The fourth-order valence-electron chi connectivity index (χ4n) is 2.80. The zero-order valence-electron chi connectivity index (χ0n) is 14.4. The third-order valence-electron chi connectivity index (χ3n) is 4.26. The van der Waals surface area contributed by atoms with Crippen LogP contribution in [-0.2, 0) is 0 Å². The highest BCUT2D eigenvalue weighted by Gasteiger charge is 2.12. The maximum atomic E-state index is 5.77. The highest BCUT2D eigenvalue weighted by molar-refractivity contribution is 6.17. The first kappa shape index (κ1) is 20.2. The largest absolute Gasteiger partial charge is 0.328 e. The molecule has 122 valence electrons. The number of alkyl halides is 1. The smallest absolute Gasteiger partial charge is 0.0794 e. The van der Waals surface area contributed by atoms with Crippen molar-refractivity contribution in [1.29, 1.82) is 0 Å². The molecule has 20 heavy (non-hydrogen) atoms. The second kappa shape index (κ2) is 14.2. The maximum Gasteiger partial charge on any atom is 0.0794 e. The van der Waals surface area contributed by atoms with Crippen LogP contribution < -0.4 is 0 Å². The second-order valence-corrected chi connectivity index (χ2v) is 7.34. The zero-order valence-corrected chi connectivity index (χ0v) is 15.2. The molecule has 0 unspecified atom stereocenters. The highest BCUT2D eigenvalue weighted by atomic mass is 35.5. The van der Waals surface area contributed by atoms with E-state index in [1.807, 2.05) is 0 Å². The normalized spacial score (nSPS) is 12.0. The standard InChI is InChI=1S/C18H39ClN/c1-4-5-6-7-8-9-10-11-12-13-14-17-20(2,3)18-15-16-19/h4-18H2,1-3H3/q+1. The lowest BCUT2D eigenvalue weighted by molar-refractivity contribution is -0.890. The Labute approximate surface area is 133 Å². The summed E-state index contributed by atoms with van der Waals surface area (Å²) in [6, 6.07) is 0. The predicted octanol–water partition coefficient (Wildman–Crippen LogP) is 6.00. The summed E-state index contributed by atoms with van der Waals surface area (Å²) in [6.45, 7) is 4.82. The average molecular weight is 305 g/mol. The number of rotatable bonds is 15. The first-order chi connectivity index (χ1) is 9.62. The summed E-state index contributed by atoms with van der Waals surface area (Å²) >= 11 is 5.77. The Hall–Kier alpha value is 0.250. The fraction of sp³-hybridized carbons (Fsp3) is 1.00. The maximum absolute atomic E-state index is 5.77. The van der Waals surface area contributed by atoms with Gasteiger partial charge in [0, 0.05) is 12.3 Å². The van der Waals surface area contributed by atoms with Crippen LogP contribution in [0.3, 0.4) is 0 Å². The average Bonchev–Trinajstić information content (AvgIpc) is 2.42. The molecule has 0 heterocycles. The van der Waals surface area contributed by atoms with E-state index in [-0.39, 0.29) is 0 Å². The van der Waals surface area contributed by atoms with Crippen molar-refractivity contribution in [3.05, 3.63) is 0 Å². The topological polar surface area (TPSA) is 0 Å². The van der Waals surface area contributed by atoms with E-state index in [1.165, 1.54) is 83.7 Å². The van der Waals surface area contributed by atoms with Crippen molar-refractivity contribution in [1.82, 2.24) is 0 Å². The van der Waals surface area contributed by atoms with Crippen molar-refractivity contribution >= 4 is 11.6 Å². The van der Waals surface area contributed by atoms with Crippen LogP contribution in [0.5, 0.6) is 0 Å². The molecular formula is C18H39ClN+. The van der Waals surface area contributed by atoms with Gasteiger partial charge < -0.3 is 4.48 Å². The van der Waals surface area contributed by atoms with Gasteiger partial charge in [0.2, 0.25) is 0 Å². The van der Waals surface area contributed by atoms with Gasteiger partial charge in [-0.25, -0.2) is 0 Å². The third-order valence-corrected chi connectivity index (χ3v) is 4.53. The van der Waals surface area contributed by atoms with Gasteiger partial charge in [0.05, 0.1) is 27.2 Å². The molecule has 0 amide bonds. The minimum atomic E-state index is 0.805. The minimum absolute atomic E-state index is 0.805. The van der Waals surface area contributed by atoms with Gasteiger partial charge in [0.25, 0.3) is 0 Å². The van der Waals surface area contributed by atoms with Gasteiger partial charge >= 0.3 is 0 Å². The Morgan fingerprint density at radius 3 is 1.45 bits per heavy atom. The summed E-state index contributed by atoms with van der Waals surface area (Å²) < 4.78 is 1.14. The predicted molar refractivity (Wildman–Crippen MR) is 93.6 cm³/mol. The van der Waals surface area contributed by atoms with E-state index >= 15 is 0 Å². The number of quaternary nitrogens is 1. The molecule has 0 saturated carbocycles. The van der Waals surface area contributed by atoms with E-state index in [1.54, 1.807) is 0 Å². The zero-order chi connectivity index (χ0) is 15.1. The molecule has 0 aromatic carbocycles. The molecule has 0 aliphatic rings. The summed E-state index contributed by atoms with van der Waals surface area (Å²) in [6.07, 6.45) is 16.9. The molecule has 0 aliphatic carbocycles. The Morgan fingerprint density at radius 1 is 0.600 bits per heavy atom. The van der Waals surface area contributed by atoms with Gasteiger partial charge in [0.15, 0.2) is 0 Å². The number of hydrogen-bond donors (Lipinski definition) is 0. The lowest BCUT2D eigenvalue weighted by atomic mass is 10.1. The van der Waals surface area contributed by atoms with Crippen LogP contribution in [0.25, 0.3) is 0 Å².